The van der Waals surface area contributed by atoms with Gasteiger partial charge in [-0.15, -0.1) is 11.3 Å². The fourth-order valence-corrected chi connectivity index (χ4v) is 4.65. The van der Waals surface area contributed by atoms with Crippen molar-refractivity contribution in [3.05, 3.63) is 46.0 Å². The number of amides is 1. The van der Waals surface area contributed by atoms with Gasteiger partial charge >= 0.3 is 0 Å². The van der Waals surface area contributed by atoms with Crippen molar-refractivity contribution in [2.45, 2.75) is 19.6 Å². The SMILES string of the molecule is Cc1ccsc1CN1C[C@H]2[C@@H](CNC(=O)c3ccco3)CO[C@H]2C1. The number of carbonyl (C=O) groups is 1. The van der Waals surface area contributed by atoms with Gasteiger partial charge in [0.05, 0.1) is 19.0 Å². The normalized spacial score (nSPS) is 26.6. The van der Waals surface area contributed by atoms with Crippen LogP contribution in [0.5, 0.6) is 0 Å². The van der Waals surface area contributed by atoms with Crippen molar-refractivity contribution in [3.8, 4) is 0 Å². The first-order chi connectivity index (χ1) is 11.7. The van der Waals surface area contributed by atoms with Crippen molar-refractivity contribution in [2.75, 3.05) is 26.2 Å². The highest BCUT2D eigenvalue weighted by molar-refractivity contribution is 7.10. The summed E-state index contributed by atoms with van der Waals surface area (Å²) in [7, 11) is 0. The van der Waals surface area contributed by atoms with Crippen LogP contribution in [0.1, 0.15) is 21.0 Å². The van der Waals surface area contributed by atoms with Gasteiger partial charge in [0.1, 0.15) is 0 Å². The van der Waals surface area contributed by atoms with Crippen LogP contribution in [0.25, 0.3) is 0 Å². The van der Waals surface area contributed by atoms with Gasteiger partial charge in [0.25, 0.3) is 5.91 Å². The Morgan fingerprint density at radius 2 is 2.33 bits per heavy atom. The topological polar surface area (TPSA) is 54.7 Å². The van der Waals surface area contributed by atoms with Gasteiger partial charge in [-0.25, -0.2) is 0 Å². The first-order valence-corrected chi connectivity index (χ1v) is 9.27. The molecule has 128 valence electrons. The van der Waals surface area contributed by atoms with Crippen molar-refractivity contribution in [2.24, 2.45) is 11.8 Å². The number of aryl methyl sites for hydroxylation is 1. The third-order valence-corrected chi connectivity index (χ3v) is 6.13. The Bertz CT molecular complexity index is 697. The minimum Gasteiger partial charge on any atom is -0.459 e. The minimum atomic E-state index is -0.146. The van der Waals surface area contributed by atoms with E-state index in [0.29, 0.717) is 30.2 Å². The number of nitrogens with zero attached hydrogens (tertiary/aromatic N) is 1. The van der Waals surface area contributed by atoms with Crippen LogP contribution in [0.4, 0.5) is 0 Å². The molecule has 6 heteroatoms. The van der Waals surface area contributed by atoms with Crippen LogP contribution in [-0.4, -0.2) is 43.2 Å². The van der Waals surface area contributed by atoms with Gasteiger partial charge in [-0.3, -0.25) is 9.69 Å². The molecule has 0 bridgehead atoms. The highest BCUT2D eigenvalue weighted by Gasteiger charge is 2.43. The zero-order chi connectivity index (χ0) is 16.5. The van der Waals surface area contributed by atoms with Gasteiger partial charge in [-0.05, 0) is 36.1 Å². The largest absolute Gasteiger partial charge is 0.459 e. The molecule has 4 rings (SSSR count). The lowest BCUT2D eigenvalue weighted by Crippen LogP contribution is -2.34. The Hall–Kier alpha value is -1.63. The van der Waals surface area contributed by atoms with Crippen molar-refractivity contribution in [3.63, 3.8) is 0 Å². The van der Waals surface area contributed by atoms with Crippen molar-refractivity contribution in [1.82, 2.24) is 10.2 Å². The lowest BCUT2D eigenvalue weighted by molar-refractivity contribution is 0.0888. The average Bonchev–Trinajstić information content (AvgIpc) is 3.32. The van der Waals surface area contributed by atoms with Gasteiger partial charge in [-0.2, -0.15) is 0 Å². The van der Waals surface area contributed by atoms with Crippen LogP contribution in [0.3, 0.4) is 0 Å². The first kappa shape index (κ1) is 15.9. The summed E-state index contributed by atoms with van der Waals surface area (Å²) in [6.45, 7) is 6.59. The molecule has 0 aliphatic carbocycles. The van der Waals surface area contributed by atoms with E-state index in [4.69, 9.17) is 9.15 Å². The van der Waals surface area contributed by atoms with E-state index in [9.17, 15) is 4.79 Å². The molecule has 0 aromatic carbocycles. The molecular formula is C18H22N2O3S. The fraction of sp³-hybridized carbons (Fsp3) is 0.500. The molecule has 2 aromatic heterocycles. The van der Waals surface area contributed by atoms with Crippen molar-refractivity contribution in [1.29, 1.82) is 0 Å². The minimum absolute atomic E-state index is 0.146. The first-order valence-electron chi connectivity index (χ1n) is 8.39. The average molecular weight is 346 g/mol. The van der Waals surface area contributed by atoms with Crippen LogP contribution < -0.4 is 5.32 Å². The van der Waals surface area contributed by atoms with Crippen LogP contribution >= 0.6 is 11.3 Å². The van der Waals surface area contributed by atoms with E-state index in [0.717, 1.165) is 26.2 Å². The number of fused-ring (bicyclic) bond motifs is 1. The predicted molar refractivity (Wildman–Crippen MR) is 92.1 cm³/mol. The number of ether oxygens (including phenoxy) is 1. The third-order valence-electron chi connectivity index (χ3n) is 5.12. The number of furan rings is 1. The molecule has 1 amide bonds. The van der Waals surface area contributed by atoms with E-state index in [1.807, 2.05) is 11.3 Å². The molecule has 3 atom stereocenters. The molecule has 2 fully saturated rings. The third kappa shape index (κ3) is 3.14. The summed E-state index contributed by atoms with van der Waals surface area (Å²) in [4.78, 5) is 15.9. The Morgan fingerprint density at radius 3 is 3.08 bits per heavy atom. The van der Waals surface area contributed by atoms with E-state index in [2.05, 4.69) is 28.6 Å². The summed E-state index contributed by atoms with van der Waals surface area (Å²) in [5.41, 5.74) is 1.38. The zero-order valence-electron chi connectivity index (χ0n) is 13.7. The lowest BCUT2D eigenvalue weighted by atomic mass is 9.93. The molecule has 1 N–H and O–H groups in total. The summed E-state index contributed by atoms with van der Waals surface area (Å²) in [5, 5.41) is 5.14. The van der Waals surface area contributed by atoms with E-state index < -0.39 is 0 Å². The molecule has 2 aromatic rings. The quantitative estimate of drug-likeness (QED) is 0.904. The van der Waals surface area contributed by atoms with Gasteiger partial charge in [0.15, 0.2) is 5.76 Å². The second kappa shape index (κ2) is 6.70. The molecule has 4 heterocycles. The molecule has 24 heavy (non-hydrogen) atoms. The Balaban J connectivity index is 1.31. The van der Waals surface area contributed by atoms with Crippen molar-refractivity contribution < 1.29 is 13.9 Å². The Morgan fingerprint density at radius 1 is 1.42 bits per heavy atom. The van der Waals surface area contributed by atoms with E-state index in [1.165, 1.54) is 16.7 Å². The second-order valence-corrected chi connectivity index (χ2v) is 7.70. The lowest BCUT2D eigenvalue weighted by Gasteiger charge is -2.19. The number of hydrogen-bond acceptors (Lipinski definition) is 5. The smallest absolute Gasteiger partial charge is 0.286 e. The van der Waals surface area contributed by atoms with Crippen LogP contribution in [0.2, 0.25) is 0 Å². The van der Waals surface area contributed by atoms with Crippen LogP contribution in [0, 0.1) is 18.8 Å². The van der Waals surface area contributed by atoms with Gasteiger partial charge in [-0.1, -0.05) is 0 Å². The molecule has 2 saturated heterocycles. The Kier molecular flexibility index (Phi) is 4.43. The van der Waals surface area contributed by atoms with Crippen LogP contribution in [0.15, 0.2) is 34.3 Å². The van der Waals surface area contributed by atoms with Gasteiger partial charge < -0.3 is 14.5 Å². The molecule has 0 radical (unpaired) electrons. The standard InChI is InChI=1S/C18H22N2O3S/c1-12-4-6-24-17(12)10-20-8-14-13(11-23-16(14)9-20)7-19-18(21)15-3-2-5-22-15/h2-6,13-14,16H,7-11H2,1H3,(H,19,21)/t13-,14-,16-/m0/s1. The zero-order valence-corrected chi connectivity index (χ0v) is 14.6. The maximum Gasteiger partial charge on any atom is 0.286 e. The molecule has 2 aliphatic rings. The summed E-state index contributed by atoms with van der Waals surface area (Å²) < 4.78 is 11.1. The van der Waals surface area contributed by atoms with Crippen molar-refractivity contribution >= 4 is 17.2 Å². The number of thiophene rings is 1. The van der Waals surface area contributed by atoms with E-state index in [1.54, 1.807) is 12.1 Å². The highest BCUT2D eigenvalue weighted by Crippen LogP contribution is 2.34. The number of carbonyl (C=O) groups excluding carboxylic acids is 1. The summed E-state index contributed by atoms with van der Waals surface area (Å²) in [6.07, 6.45) is 1.82. The molecule has 5 nitrogen and oxygen atoms in total. The summed E-state index contributed by atoms with van der Waals surface area (Å²) >= 11 is 1.83. The monoisotopic (exact) mass is 346 g/mol. The van der Waals surface area contributed by atoms with E-state index in [-0.39, 0.29) is 5.91 Å². The van der Waals surface area contributed by atoms with Gasteiger partial charge in [0, 0.05) is 42.9 Å². The fourth-order valence-electron chi connectivity index (χ4n) is 3.71. The number of nitrogens with one attached hydrogen (secondary N) is 1. The maximum atomic E-state index is 12.0. The molecular weight excluding hydrogens is 324 g/mol. The molecule has 0 spiro atoms. The summed E-state index contributed by atoms with van der Waals surface area (Å²) in [6, 6.07) is 5.59. The molecule has 0 saturated carbocycles. The summed E-state index contributed by atoms with van der Waals surface area (Å²) in [5.74, 6) is 1.10. The van der Waals surface area contributed by atoms with Gasteiger partial charge in [0.2, 0.25) is 0 Å². The van der Waals surface area contributed by atoms with Crippen LogP contribution in [-0.2, 0) is 11.3 Å². The number of rotatable bonds is 5. The maximum absolute atomic E-state index is 12.0. The second-order valence-electron chi connectivity index (χ2n) is 6.70. The Labute approximate surface area is 145 Å². The number of hydrogen-bond donors (Lipinski definition) is 1. The van der Waals surface area contributed by atoms with E-state index >= 15 is 0 Å². The number of likely N-dealkylation sites (tertiary alicyclic amines) is 1. The molecule has 2 aliphatic heterocycles. The highest BCUT2D eigenvalue weighted by atomic mass is 32.1. The predicted octanol–water partition coefficient (Wildman–Crippen LogP) is 2.53. The molecule has 0 unspecified atom stereocenters.